The van der Waals surface area contributed by atoms with Crippen LogP contribution < -0.4 is 15.6 Å². The van der Waals surface area contributed by atoms with E-state index in [0.29, 0.717) is 17.9 Å². The van der Waals surface area contributed by atoms with Gasteiger partial charge in [-0.1, -0.05) is 12.1 Å². The molecule has 2 N–H and O–H groups in total. The van der Waals surface area contributed by atoms with E-state index >= 15 is 0 Å². The summed E-state index contributed by atoms with van der Waals surface area (Å²) < 4.78 is 5.74. The first-order valence-electron chi connectivity index (χ1n) is 7.38. The van der Waals surface area contributed by atoms with Gasteiger partial charge in [0.1, 0.15) is 0 Å². The van der Waals surface area contributed by atoms with Crippen molar-refractivity contribution in [2.24, 2.45) is 0 Å². The van der Waals surface area contributed by atoms with E-state index in [1.165, 1.54) is 0 Å². The average Bonchev–Trinajstić information content (AvgIpc) is 2.55. The molecule has 21 heavy (non-hydrogen) atoms. The smallest absolute Gasteiger partial charge is 0.272 e. The largest absolute Gasteiger partial charge is 0.476 e. The third-order valence-electron chi connectivity index (χ3n) is 3.73. The van der Waals surface area contributed by atoms with E-state index in [1.807, 2.05) is 18.2 Å². The van der Waals surface area contributed by atoms with Gasteiger partial charge in [-0.3, -0.25) is 4.79 Å². The van der Waals surface area contributed by atoms with E-state index in [4.69, 9.17) is 4.74 Å². The van der Waals surface area contributed by atoms with Crippen LogP contribution in [0.15, 0.2) is 29.1 Å². The number of nitrogens with one attached hydrogen (secondary N) is 2. The van der Waals surface area contributed by atoms with Crippen molar-refractivity contribution in [3.63, 3.8) is 0 Å². The minimum atomic E-state index is -0.182. The number of benzene rings is 1. The zero-order valence-electron chi connectivity index (χ0n) is 12.0. The van der Waals surface area contributed by atoms with Crippen molar-refractivity contribution in [2.75, 3.05) is 39.3 Å². The molecule has 1 fully saturated rings. The molecule has 1 aliphatic rings. The van der Waals surface area contributed by atoms with Crippen LogP contribution in [0.2, 0.25) is 0 Å². The average molecular weight is 288 g/mol. The highest BCUT2D eigenvalue weighted by Gasteiger charge is 2.10. The number of aromatic amines is 1. The molecule has 6 nitrogen and oxygen atoms in total. The molecule has 2 heterocycles. The van der Waals surface area contributed by atoms with E-state index in [0.717, 1.165) is 44.5 Å². The van der Waals surface area contributed by atoms with E-state index in [9.17, 15) is 4.79 Å². The van der Waals surface area contributed by atoms with Gasteiger partial charge < -0.3 is 15.0 Å². The fourth-order valence-corrected chi connectivity index (χ4v) is 2.59. The molecule has 112 valence electrons. The van der Waals surface area contributed by atoms with Crippen LogP contribution in [-0.2, 0) is 0 Å². The molecule has 0 aliphatic carbocycles. The zero-order valence-corrected chi connectivity index (χ0v) is 12.0. The van der Waals surface area contributed by atoms with Crippen LogP contribution in [0.4, 0.5) is 0 Å². The molecular weight excluding hydrogens is 268 g/mol. The lowest BCUT2D eigenvalue weighted by atomic mass is 10.2. The van der Waals surface area contributed by atoms with Crippen molar-refractivity contribution in [2.45, 2.75) is 6.42 Å². The summed E-state index contributed by atoms with van der Waals surface area (Å²) in [5.41, 5.74) is -0.182. The second-order valence-electron chi connectivity index (χ2n) is 5.20. The molecule has 0 amide bonds. The van der Waals surface area contributed by atoms with Crippen LogP contribution in [0.5, 0.6) is 5.88 Å². The second kappa shape index (κ2) is 6.69. The minimum absolute atomic E-state index is 0.182. The number of rotatable bonds is 5. The van der Waals surface area contributed by atoms with Crippen LogP contribution in [0.1, 0.15) is 6.42 Å². The topological polar surface area (TPSA) is 70.2 Å². The van der Waals surface area contributed by atoms with Gasteiger partial charge in [-0.15, -0.1) is 5.10 Å². The summed E-state index contributed by atoms with van der Waals surface area (Å²) in [7, 11) is 0. The monoisotopic (exact) mass is 288 g/mol. The van der Waals surface area contributed by atoms with Crippen LogP contribution in [0.3, 0.4) is 0 Å². The Labute approximate surface area is 123 Å². The number of nitrogens with zero attached hydrogens (tertiary/aromatic N) is 2. The summed E-state index contributed by atoms with van der Waals surface area (Å²) in [6.07, 6.45) is 0.954. The Hall–Kier alpha value is -1.92. The van der Waals surface area contributed by atoms with Gasteiger partial charge in [0.2, 0.25) is 5.88 Å². The highest BCUT2D eigenvalue weighted by Crippen LogP contribution is 2.18. The molecule has 6 heteroatoms. The maximum atomic E-state index is 11.7. The Kier molecular flexibility index (Phi) is 4.47. The molecule has 0 bridgehead atoms. The van der Waals surface area contributed by atoms with E-state index in [1.54, 1.807) is 6.07 Å². The lowest BCUT2D eigenvalue weighted by Gasteiger charge is -2.26. The third-order valence-corrected chi connectivity index (χ3v) is 3.73. The predicted molar refractivity (Wildman–Crippen MR) is 81.8 cm³/mol. The summed E-state index contributed by atoms with van der Waals surface area (Å²) in [5.74, 6) is 0.505. The quantitative estimate of drug-likeness (QED) is 0.788. The normalized spacial score (nSPS) is 16.2. The molecule has 1 aromatic carbocycles. The predicted octanol–water partition coefficient (Wildman–Crippen LogP) is 0.597. The molecule has 1 saturated heterocycles. The summed E-state index contributed by atoms with van der Waals surface area (Å²) in [4.78, 5) is 14.1. The van der Waals surface area contributed by atoms with Crippen LogP contribution in [-0.4, -0.2) is 54.4 Å². The molecule has 0 atom stereocenters. The molecular formula is C15H20N4O2. The Morgan fingerprint density at radius 3 is 2.76 bits per heavy atom. The number of hydrogen-bond donors (Lipinski definition) is 2. The first kappa shape index (κ1) is 14.0. The Balaban J connectivity index is 1.58. The summed E-state index contributed by atoms with van der Waals surface area (Å²) in [6, 6.07) is 7.37. The van der Waals surface area contributed by atoms with Crippen LogP contribution in [0.25, 0.3) is 10.8 Å². The Morgan fingerprint density at radius 1 is 1.19 bits per heavy atom. The highest BCUT2D eigenvalue weighted by molar-refractivity contribution is 5.85. The van der Waals surface area contributed by atoms with E-state index in [-0.39, 0.29) is 5.56 Å². The third kappa shape index (κ3) is 3.40. The summed E-state index contributed by atoms with van der Waals surface area (Å²) >= 11 is 0. The number of aromatic nitrogens is 2. The van der Waals surface area contributed by atoms with Gasteiger partial charge in [0, 0.05) is 32.7 Å². The Bertz CT molecular complexity index is 649. The standard InChI is InChI=1S/C15H20N4O2/c20-14-12-4-1-2-5-13(12)15(18-17-14)21-11-3-8-19-9-6-16-7-10-19/h1-2,4-5,16H,3,6-11H2,(H,17,20). The number of piperazine rings is 1. The van der Waals surface area contributed by atoms with Gasteiger partial charge in [-0.05, 0) is 18.6 Å². The molecule has 3 rings (SSSR count). The van der Waals surface area contributed by atoms with Crippen LogP contribution >= 0.6 is 0 Å². The summed E-state index contributed by atoms with van der Waals surface area (Å²) in [6.45, 7) is 5.95. The molecule has 0 spiro atoms. The van der Waals surface area contributed by atoms with Crippen molar-refractivity contribution in [3.8, 4) is 5.88 Å². The van der Waals surface area contributed by atoms with Crippen molar-refractivity contribution < 1.29 is 4.74 Å². The van der Waals surface area contributed by atoms with Gasteiger partial charge in [0.25, 0.3) is 5.56 Å². The second-order valence-corrected chi connectivity index (χ2v) is 5.20. The van der Waals surface area contributed by atoms with Gasteiger partial charge in [-0.25, -0.2) is 5.10 Å². The maximum Gasteiger partial charge on any atom is 0.272 e. The van der Waals surface area contributed by atoms with E-state index < -0.39 is 0 Å². The first-order valence-corrected chi connectivity index (χ1v) is 7.38. The molecule has 0 unspecified atom stereocenters. The molecule has 2 aromatic rings. The fraction of sp³-hybridized carbons (Fsp3) is 0.467. The van der Waals surface area contributed by atoms with Gasteiger partial charge in [0.05, 0.1) is 17.4 Å². The first-order chi connectivity index (χ1) is 10.3. The minimum Gasteiger partial charge on any atom is -0.476 e. The molecule has 0 saturated carbocycles. The van der Waals surface area contributed by atoms with Gasteiger partial charge in [0.15, 0.2) is 0 Å². The van der Waals surface area contributed by atoms with Crippen molar-refractivity contribution >= 4 is 10.8 Å². The van der Waals surface area contributed by atoms with Crippen LogP contribution in [0, 0.1) is 0 Å². The van der Waals surface area contributed by atoms with Crippen molar-refractivity contribution in [1.29, 1.82) is 0 Å². The maximum absolute atomic E-state index is 11.7. The number of fused-ring (bicyclic) bond motifs is 1. The van der Waals surface area contributed by atoms with Crippen molar-refractivity contribution in [3.05, 3.63) is 34.6 Å². The lowest BCUT2D eigenvalue weighted by molar-refractivity contribution is 0.212. The van der Waals surface area contributed by atoms with Gasteiger partial charge >= 0.3 is 0 Å². The summed E-state index contributed by atoms with van der Waals surface area (Å²) in [5, 5.41) is 11.2. The number of H-pyrrole nitrogens is 1. The lowest BCUT2D eigenvalue weighted by Crippen LogP contribution is -2.44. The van der Waals surface area contributed by atoms with E-state index in [2.05, 4.69) is 20.4 Å². The van der Waals surface area contributed by atoms with Crippen molar-refractivity contribution in [1.82, 2.24) is 20.4 Å². The Morgan fingerprint density at radius 2 is 1.95 bits per heavy atom. The molecule has 1 aliphatic heterocycles. The molecule has 0 radical (unpaired) electrons. The molecule has 1 aromatic heterocycles. The zero-order chi connectivity index (χ0) is 14.5. The fourth-order valence-electron chi connectivity index (χ4n) is 2.59. The SMILES string of the molecule is O=c1[nH]nc(OCCCN2CCNCC2)c2ccccc12. The van der Waals surface area contributed by atoms with Gasteiger partial charge in [-0.2, -0.15) is 0 Å². The number of hydrogen-bond acceptors (Lipinski definition) is 5. The highest BCUT2D eigenvalue weighted by atomic mass is 16.5. The number of ether oxygens (including phenoxy) is 1.